The molecule has 0 radical (unpaired) electrons. The Hall–Kier alpha value is -1.81. The molecule has 0 aliphatic heterocycles. The van der Waals surface area contributed by atoms with E-state index in [1.54, 1.807) is 30.3 Å². The second-order valence-electron chi connectivity index (χ2n) is 4.80. The van der Waals surface area contributed by atoms with Gasteiger partial charge in [0, 0.05) is 0 Å². The standard InChI is InChI=1S/C12H12Si.C6H5.2O.Ti/c1-3-7-11(8-4-1)13-12-9-5-2-6-10-12;1-2-4-6-5-3-1;;;/h1-10H,13H2;1-5H;;;. The zero-order chi connectivity index (χ0) is 15.6. The molecule has 4 heteroatoms. The molecule has 0 N–H and O–H groups in total. The first kappa shape index (κ1) is 16.6. The van der Waals surface area contributed by atoms with E-state index in [9.17, 15) is 6.65 Å². The van der Waals surface area contributed by atoms with Crippen molar-refractivity contribution < 1.29 is 24.5 Å². The summed E-state index contributed by atoms with van der Waals surface area (Å²) >= 11 is -3.27. The fourth-order valence-corrected chi connectivity index (χ4v) is 4.21. The molecule has 0 spiro atoms. The van der Waals surface area contributed by atoms with Crippen molar-refractivity contribution in [1.29, 1.82) is 0 Å². The van der Waals surface area contributed by atoms with Gasteiger partial charge in [-0.1, -0.05) is 71.0 Å². The first-order valence-corrected chi connectivity index (χ1v) is 10.6. The van der Waals surface area contributed by atoms with Crippen molar-refractivity contribution in [3.8, 4) is 0 Å². The summed E-state index contributed by atoms with van der Waals surface area (Å²) in [5.74, 6) is 0. The zero-order valence-corrected chi connectivity index (χ0v) is 15.2. The molecule has 0 saturated heterocycles. The minimum atomic E-state index is -3.27. The third-order valence-corrected chi connectivity index (χ3v) is 6.12. The van der Waals surface area contributed by atoms with Crippen molar-refractivity contribution in [1.82, 2.24) is 0 Å². The van der Waals surface area contributed by atoms with E-state index in [2.05, 4.69) is 60.7 Å². The maximum atomic E-state index is 10.3. The van der Waals surface area contributed by atoms with Crippen LogP contribution in [0.5, 0.6) is 0 Å². The molecule has 0 aliphatic rings. The van der Waals surface area contributed by atoms with Crippen LogP contribution in [0.3, 0.4) is 0 Å². The number of hydrogen-bond donors (Lipinski definition) is 0. The van der Waals surface area contributed by atoms with Crippen LogP contribution in [-0.2, 0) is 24.5 Å². The molecule has 0 atom stereocenters. The minimum Gasteiger partial charge on any atom is -0.0633 e. The summed E-state index contributed by atoms with van der Waals surface area (Å²) in [5, 5.41) is 3.02. The molecular weight excluding hydrogens is 324 g/mol. The average Bonchev–Trinajstić information content (AvgIpc) is 2.58. The number of hydrogen-bond acceptors (Lipinski definition) is 2. The molecule has 3 rings (SSSR count). The van der Waals surface area contributed by atoms with E-state index < -0.39 is 17.8 Å². The third kappa shape index (κ3) is 5.90. The van der Waals surface area contributed by atoms with Gasteiger partial charge in [-0.25, -0.2) is 0 Å². The van der Waals surface area contributed by atoms with Gasteiger partial charge >= 0.3 is 58.7 Å². The zero-order valence-electron chi connectivity index (χ0n) is 12.2. The Kier molecular flexibility index (Phi) is 6.97. The van der Waals surface area contributed by atoms with E-state index in [-0.39, 0.29) is 9.52 Å². The maximum Gasteiger partial charge on any atom is 0.0875 e. The SMILES string of the molecule is [O]=[Ti](=[O])[c]1ccccc1.c1ccc([SiH2]c2ccccc2)cc1. The molecule has 3 aromatic carbocycles. The summed E-state index contributed by atoms with van der Waals surface area (Å²) in [6, 6.07) is 29.9. The van der Waals surface area contributed by atoms with Crippen molar-refractivity contribution in [3.05, 3.63) is 91.0 Å². The van der Waals surface area contributed by atoms with E-state index >= 15 is 0 Å². The first-order valence-electron chi connectivity index (χ1n) is 7.10. The van der Waals surface area contributed by atoms with Gasteiger partial charge in [0.25, 0.3) is 0 Å². The Morgan fingerprint density at radius 2 is 0.909 bits per heavy atom. The average molecular weight is 341 g/mol. The Bertz CT molecular complexity index is 696. The monoisotopic (exact) mass is 341 g/mol. The number of rotatable bonds is 3. The fraction of sp³-hybridized carbons (Fsp3) is 0. The van der Waals surface area contributed by atoms with E-state index in [0.717, 1.165) is 0 Å². The molecule has 0 amide bonds. The molecule has 2 nitrogen and oxygen atoms in total. The molecule has 3 aromatic rings. The summed E-state index contributed by atoms with van der Waals surface area (Å²) in [4.78, 5) is 0. The Labute approximate surface area is 139 Å². The summed E-state index contributed by atoms with van der Waals surface area (Å²) in [6.07, 6.45) is 0. The molecule has 0 saturated carbocycles. The van der Waals surface area contributed by atoms with Gasteiger partial charge in [0.05, 0.1) is 9.52 Å². The van der Waals surface area contributed by atoms with Crippen LogP contribution in [0.4, 0.5) is 0 Å². The minimum absolute atomic E-state index is 0.234. The predicted octanol–water partition coefficient (Wildman–Crippen LogP) is 1.43. The summed E-state index contributed by atoms with van der Waals surface area (Å²) in [5.41, 5.74) is 0. The Morgan fingerprint density at radius 3 is 1.23 bits per heavy atom. The third-order valence-electron chi connectivity index (χ3n) is 3.10. The summed E-state index contributed by atoms with van der Waals surface area (Å²) < 4.78 is 21.1. The van der Waals surface area contributed by atoms with Crippen LogP contribution >= 0.6 is 0 Å². The van der Waals surface area contributed by atoms with Crippen LogP contribution in [0, 0.1) is 0 Å². The van der Waals surface area contributed by atoms with Gasteiger partial charge in [-0.15, -0.1) is 0 Å². The molecule has 0 bridgehead atoms. The molecule has 0 fully saturated rings. The predicted molar refractivity (Wildman–Crippen MR) is 88.1 cm³/mol. The van der Waals surface area contributed by atoms with Crippen molar-refractivity contribution in [2.45, 2.75) is 0 Å². The smallest absolute Gasteiger partial charge is 0.0633 e. The van der Waals surface area contributed by atoms with E-state index in [0.29, 0.717) is 3.87 Å². The quantitative estimate of drug-likeness (QED) is 0.676. The van der Waals surface area contributed by atoms with Gasteiger partial charge in [0.2, 0.25) is 0 Å². The molecule has 0 aromatic heterocycles. The fourth-order valence-electron chi connectivity index (χ4n) is 2.00. The Balaban J connectivity index is 0.000000172. The molecule has 22 heavy (non-hydrogen) atoms. The van der Waals surface area contributed by atoms with Crippen molar-refractivity contribution in [2.75, 3.05) is 0 Å². The molecule has 0 unspecified atom stereocenters. The van der Waals surface area contributed by atoms with Gasteiger partial charge in [-0.2, -0.15) is 0 Å². The maximum absolute atomic E-state index is 10.3. The Morgan fingerprint density at radius 1 is 0.545 bits per heavy atom. The van der Waals surface area contributed by atoms with E-state index in [1.165, 1.54) is 10.4 Å². The number of benzene rings is 3. The van der Waals surface area contributed by atoms with Gasteiger partial charge in [0.1, 0.15) is 0 Å². The molecule has 109 valence electrons. The largest absolute Gasteiger partial charge is 0.0875 e. The van der Waals surface area contributed by atoms with E-state index in [4.69, 9.17) is 0 Å². The van der Waals surface area contributed by atoms with Gasteiger partial charge in [-0.3, -0.25) is 0 Å². The molecule has 0 aliphatic carbocycles. The van der Waals surface area contributed by atoms with Crippen LogP contribution in [0.15, 0.2) is 91.0 Å². The van der Waals surface area contributed by atoms with Crippen molar-refractivity contribution >= 4 is 23.8 Å². The summed E-state index contributed by atoms with van der Waals surface area (Å²) in [7, 11) is -0.234. The molecule has 0 heterocycles. The van der Waals surface area contributed by atoms with Crippen LogP contribution in [0.25, 0.3) is 0 Å². The van der Waals surface area contributed by atoms with Gasteiger partial charge < -0.3 is 0 Å². The van der Waals surface area contributed by atoms with Crippen LogP contribution in [0.2, 0.25) is 0 Å². The van der Waals surface area contributed by atoms with Crippen LogP contribution < -0.4 is 14.2 Å². The van der Waals surface area contributed by atoms with E-state index in [1.807, 2.05) is 0 Å². The van der Waals surface area contributed by atoms with Crippen molar-refractivity contribution in [2.24, 2.45) is 0 Å². The second kappa shape index (κ2) is 9.26. The summed E-state index contributed by atoms with van der Waals surface area (Å²) in [6.45, 7) is 0. The van der Waals surface area contributed by atoms with Gasteiger partial charge in [0.15, 0.2) is 0 Å². The normalized spacial score (nSPS) is 9.45. The first-order chi connectivity index (χ1) is 10.8. The second-order valence-corrected chi connectivity index (χ2v) is 8.59. The van der Waals surface area contributed by atoms with Crippen molar-refractivity contribution in [3.63, 3.8) is 0 Å². The topological polar surface area (TPSA) is 34.1 Å². The molecular formula is C18H17O2SiTi. The van der Waals surface area contributed by atoms with Crippen LogP contribution in [-0.4, -0.2) is 9.52 Å². The van der Waals surface area contributed by atoms with Gasteiger partial charge in [-0.05, 0) is 0 Å². The van der Waals surface area contributed by atoms with Crippen LogP contribution in [0.1, 0.15) is 0 Å².